The number of hydrogen-bond acceptors (Lipinski definition) is 2. The van der Waals surface area contributed by atoms with Crippen molar-refractivity contribution in [3.63, 3.8) is 0 Å². The molecule has 3 rings (SSSR count). The van der Waals surface area contributed by atoms with Crippen LogP contribution in [0.15, 0.2) is 84.9 Å². The average molecular weight is 408 g/mol. The molecule has 0 spiro atoms. The van der Waals surface area contributed by atoms with Gasteiger partial charge in [-0.3, -0.25) is 4.79 Å². The molecule has 4 heteroatoms. The highest BCUT2D eigenvalue weighted by Gasteiger charge is 2.24. The monoisotopic (exact) mass is 407 g/mol. The Morgan fingerprint density at radius 3 is 2.10 bits per heavy atom. The molecular weight excluding hydrogens is 382 g/mol. The zero-order chi connectivity index (χ0) is 20.6. The van der Waals surface area contributed by atoms with Gasteiger partial charge in [-0.05, 0) is 55.7 Å². The summed E-state index contributed by atoms with van der Waals surface area (Å²) in [6, 6.07) is 27.6. The molecule has 1 amide bonds. The second kappa shape index (κ2) is 10.1. The van der Waals surface area contributed by atoms with Gasteiger partial charge >= 0.3 is 0 Å². The molecular formula is C25H26ClNO2. The summed E-state index contributed by atoms with van der Waals surface area (Å²) in [6.07, 6.45) is 0.241. The van der Waals surface area contributed by atoms with E-state index < -0.39 is 6.10 Å². The van der Waals surface area contributed by atoms with E-state index in [1.165, 1.54) is 11.1 Å². The van der Waals surface area contributed by atoms with Crippen molar-refractivity contribution in [1.82, 2.24) is 5.32 Å². The summed E-state index contributed by atoms with van der Waals surface area (Å²) < 4.78 is 5.77. The third-order valence-electron chi connectivity index (χ3n) is 5.00. The minimum Gasteiger partial charge on any atom is -0.481 e. The molecule has 3 nitrogen and oxygen atoms in total. The molecule has 150 valence electrons. The molecule has 0 aromatic heterocycles. The Bertz CT molecular complexity index is 897. The number of rotatable bonds is 8. The van der Waals surface area contributed by atoms with Gasteiger partial charge in [-0.2, -0.15) is 0 Å². The average Bonchev–Trinajstić information content (AvgIpc) is 2.75. The van der Waals surface area contributed by atoms with Crippen molar-refractivity contribution < 1.29 is 9.53 Å². The Labute approximate surface area is 177 Å². The van der Waals surface area contributed by atoms with Crippen molar-refractivity contribution in [1.29, 1.82) is 0 Å². The van der Waals surface area contributed by atoms with E-state index in [0.29, 0.717) is 10.8 Å². The first-order valence-electron chi connectivity index (χ1n) is 9.84. The molecule has 0 aliphatic carbocycles. The highest BCUT2D eigenvalue weighted by atomic mass is 35.5. The quantitative estimate of drug-likeness (QED) is 0.524. The zero-order valence-electron chi connectivity index (χ0n) is 16.7. The molecule has 3 aromatic carbocycles. The van der Waals surface area contributed by atoms with Crippen LogP contribution in [0.3, 0.4) is 0 Å². The number of carbonyl (C=O) groups excluding carboxylic acids is 1. The highest BCUT2D eigenvalue weighted by molar-refractivity contribution is 6.30. The molecule has 0 bridgehead atoms. The van der Waals surface area contributed by atoms with Crippen molar-refractivity contribution >= 4 is 17.5 Å². The highest BCUT2D eigenvalue weighted by Crippen LogP contribution is 2.25. The summed E-state index contributed by atoms with van der Waals surface area (Å²) in [5, 5.41) is 3.77. The Morgan fingerprint density at radius 1 is 0.897 bits per heavy atom. The van der Waals surface area contributed by atoms with Crippen LogP contribution in [0.2, 0.25) is 5.02 Å². The smallest absolute Gasteiger partial charge is 0.261 e. The maximum Gasteiger partial charge on any atom is 0.261 e. The van der Waals surface area contributed by atoms with Crippen molar-refractivity contribution in [3.05, 3.63) is 101 Å². The fourth-order valence-electron chi connectivity index (χ4n) is 3.36. The van der Waals surface area contributed by atoms with E-state index in [2.05, 4.69) is 29.6 Å². The number of amides is 1. The number of carbonyl (C=O) groups is 1. The number of ether oxygens (including phenoxy) is 1. The van der Waals surface area contributed by atoms with E-state index in [1.54, 1.807) is 31.2 Å². The van der Waals surface area contributed by atoms with Crippen LogP contribution in [0.25, 0.3) is 0 Å². The maximum atomic E-state index is 12.8. The van der Waals surface area contributed by atoms with E-state index in [4.69, 9.17) is 16.3 Å². The Hall–Kier alpha value is -2.78. The van der Waals surface area contributed by atoms with Crippen molar-refractivity contribution in [3.8, 4) is 5.75 Å². The predicted molar refractivity (Wildman–Crippen MR) is 118 cm³/mol. The van der Waals surface area contributed by atoms with Gasteiger partial charge in [0.1, 0.15) is 5.75 Å². The molecule has 3 aromatic rings. The Kier molecular flexibility index (Phi) is 7.31. The lowest BCUT2D eigenvalue weighted by Gasteiger charge is -2.27. The summed E-state index contributed by atoms with van der Waals surface area (Å²) in [5.74, 6) is 0.639. The third kappa shape index (κ3) is 6.10. The molecule has 0 heterocycles. The van der Waals surface area contributed by atoms with Crippen LogP contribution in [0.4, 0.5) is 0 Å². The Morgan fingerprint density at radius 2 is 1.48 bits per heavy atom. The molecule has 3 unspecified atom stereocenters. The van der Waals surface area contributed by atoms with Crippen LogP contribution in [-0.4, -0.2) is 18.1 Å². The van der Waals surface area contributed by atoms with Gasteiger partial charge in [0.2, 0.25) is 0 Å². The minimum atomic E-state index is -0.605. The SMILES string of the molecule is CC(Oc1ccc(Cl)cc1)C(=O)NC(C)C(Cc1ccccc1)c1ccccc1. The van der Waals surface area contributed by atoms with Crippen LogP contribution in [0.1, 0.15) is 30.9 Å². The first kappa shape index (κ1) is 20.9. The van der Waals surface area contributed by atoms with Gasteiger partial charge in [-0.15, -0.1) is 0 Å². The van der Waals surface area contributed by atoms with Crippen molar-refractivity contribution in [2.45, 2.75) is 38.3 Å². The number of hydrogen-bond donors (Lipinski definition) is 1. The van der Waals surface area contributed by atoms with Crippen LogP contribution in [-0.2, 0) is 11.2 Å². The standard InChI is InChI=1S/C25H26ClNO2/c1-18(27-25(28)19(2)29-23-15-13-22(26)14-16-23)24(21-11-7-4-8-12-21)17-20-9-5-3-6-10-20/h3-16,18-19,24H,17H2,1-2H3,(H,27,28). The fourth-order valence-corrected chi connectivity index (χ4v) is 3.49. The normalized spacial score (nSPS) is 13.9. The molecule has 0 radical (unpaired) electrons. The van der Waals surface area contributed by atoms with Gasteiger partial charge in [0, 0.05) is 17.0 Å². The summed E-state index contributed by atoms with van der Waals surface area (Å²) in [4.78, 5) is 12.8. The summed E-state index contributed by atoms with van der Waals surface area (Å²) in [6.45, 7) is 3.80. The summed E-state index contributed by atoms with van der Waals surface area (Å²) >= 11 is 5.90. The first-order chi connectivity index (χ1) is 14.0. The summed E-state index contributed by atoms with van der Waals surface area (Å²) in [5.41, 5.74) is 2.45. The van der Waals surface area contributed by atoms with E-state index >= 15 is 0 Å². The third-order valence-corrected chi connectivity index (χ3v) is 5.25. The largest absolute Gasteiger partial charge is 0.481 e. The molecule has 0 saturated heterocycles. The number of halogens is 1. The van der Waals surface area contributed by atoms with E-state index in [-0.39, 0.29) is 17.9 Å². The van der Waals surface area contributed by atoms with Gasteiger partial charge in [0.25, 0.3) is 5.91 Å². The van der Waals surface area contributed by atoms with E-state index in [1.807, 2.05) is 43.3 Å². The lowest BCUT2D eigenvalue weighted by Crippen LogP contribution is -2.44. The number of nitrogens with one attached hydrogen (secondary N) is 1. The van der Waals surface area contributed by atoms with Crippen LogP contribution in [0, 0.1) is 0 Å². The Balaban J connectivity index is 1.69. The van der Waals surface area contributed by atoms with Gasteiger partial charge in [0.05, 0.1) is 0 Å². The molecule has 0 saturated carbocycles. The van der Waals surface area contributed by atoms with Crippen molar-refractivity contribution in [2.24, 2.45) is 0 Å². The molecule has 3 atom stereocenters. The maximum absolute atomic E-state index is 12.8. The molecule has 0 fully saturated rings. The van der Waals surface area contributed by atoms with Crippen molar-refractivity contribution in [2.75, 3.05) is 0 Å². The lowest BCUT2D eigenvalue weighted by molar-refractivity contribution is -0.128. The van der Waals surface area contributed by atoms with Gasteiger partial charge in [-0.1, -0.05) is 72.3 Å². The van der Waals surface area contributed by atoms with Crippen LogP contribution >= 0.6 is 11.6 Å². The van der Waals surface area contributed by atoms with E-state index in [9.17, 15) is 4.79 Å². The second-order valence-electron chi connectivity index (χ2n) is 7.22. The summed E-state index contributed by atoms with van der Waals surface area (Å²) in [7, 11) is 0. The second-order valence-corrected chi connectivity index (χ2v) is 7.65. The van der Waals surface area contributed by atoms with Gasteiger partial charge in [0.15, 0.2) is 6.10 Å². The van der Waals surface area contributed by atoms with Crippen LogP contribution in [0.5, 0.6) is 5.75 Å². The lowest BCUT2D eigenvalue weighted by atomic mass is 9.86. The van der Waals surface area contributed by atoms with Crippen LogP contribution < -0.4 is 10.1 Å². The van der Waals surface area contributed by atoms with Gasteiger partial charge in [-0.25, -0.2) is 0 Å². The predicted octanol–water partition coefficient (Wildman–Crippen LogP) is 5.64. The molecule has 0 aliphatic rings. The van der Waals surface area contributed by atoms with E-state index in [0.717, 1.165) is 6.42 Å². The topological polar surface area (TPSA) is 38.3 Å². The van der Waals surface area contributed by atoms with Gasteiger partial charge < -0.3 is 10.1 Å². The molecule has 0 aliphatic heterocycles. The zero-order valence-corrected chi connectivity index (χ0v) is 17.5. The fraction of sp³-hybridized carbons (Fsp3) is 0.240. The minimum absolute atomic E-state index is 0.0543. The number of benzene rings is 3. The molecule has 29 heavy (non-hydrogen) atoms. The first-order valence-corrected chi connectivity index (χ1v) is 10.2. The molecule has 1 N–H and O–H groups in total.